The van der Waals surface area contributed by atoms with Gasteiger partial charge in [-0.1, -0.05) is 72.0 Å². The SMILES string of the molecule is CCOC(=O)C1=C(c2ccccc2)N=c2sc(=Cc3ccsc3)c(=O)n2[C@@H]1c1ccccc1. The van der Waals surface area contributed by atoms with E-state index in [1.165, 1.54) is 11.3 Å². The summed E-state index contributed by atoms with van der Waals surface area (Å²) in [6, 6.07) is 20.5. The number of hydrogen-bond donors (Lipinski definition) is 0. The van der Waals surface area contributed by atoms with Crippen molar-refractivity contribution in [2.75, 3.05) is 6.61 Å². The lowest BCUT2D eigenvalue weighted by Gasteiger charge is -2.25. The van der Waals surface area contributed by atoms with E-state index in [-0.39, 0.29) is 12.2 Å². The highest BCUT2D eigenvalue weighted by Crippen LogP contribution is 2.34. The minimum atomic E-state index is -0.638. The van der Waals surface area contributed by atoms with Gasteiger partial charge in [-0.15, -0.1) is 0 Å². The van der Waals surface area contributed by atoms with E-state index >= 15 is 0 Å². The lowest BCUT2D eigenvalue weighted by Crippen LogP contribution is -2.39. The minimum Gasteiger partial charge on any atom is -0.463 e. The Bertz CT molecular complexity index is 1500. The van der Waals surface area contributed by atoms with E-state index in [0.717, 1.165) is 16.7 Å². The Kier molecular flexibility index (Phi) is 5.90. The number of carbonyl (C=O) groups excluding carboxylic acids is 1. The molecule has 33 heavy (non-hydrogen) atoms. The predicted octanol–water partition coefficient (Wildman–Crippen LogP) is 4.00. The highest BCUT2D eigenvalue weighted by atomic mass is 32.1. The molecule has 5 rings (SSSR count). The highest BCUT2D eigenvalue weighted by molar-refractivity contribution is 7.08. The number of ether oxygens (including phenoxy) is 1. The van der Waals surface area contributed by atoms with Gasteiger partial charge in [-0.2, -0.15) is 11.3 Å². The van der Waals surface area contributed by atoms with Gasteiger partial charge in [-0.3, -0.25) is 9.36 Å². The average molecular weight is 473 g/mol. The number of rotatable bonds is 5. The molecule has 2 aromatic carbocycles. The van der Waals surface area contributed by atoms with Crippen LogP contribution in [0.25, 0.3) is 11.8 Å². The second-order valence-electron chi connectivity index (χ2n) is 7.40. The second kappa shape index (κ2) is 9.13. The molecule has 0 aliphatic carbocycles. The van der Waals surface area contributed by atoms with Crippen LogP contribution in [0.2, 0.25) is 0 Å². The van der Waals surface area contributed by atoms with E-state index in [0.29, 0.717) is 20.6 Å². The van der Waals surface area contributed by atoms with Gasteiger partial charge in [0.05, 0.1) is 28.5 Å². The lowest BCUT2D eigenvalue weighted by molar-refractivity contribution is -0.138. The van der Waals surface area contributed by atoms with E-state index in [2.05, 4.69) is 0 Å². The maximum Gasteiger partial charge on any atom is 0.338 e. The summed E-state index contributed by atoms with van der Waals surface area (Å²) in [5.41, 5.74) is 3.32. The van der Waals surface area contributed by atoms with Crippen molar-refractivity contribution in [2.24, 2.45) is 4.99 Å². The van der Waals surface area contributed by atoms with Crippen LogP contribution in [0, 0.1) is 0 Å². The topological polar surface area (TPSA) is 60.7 Å². The molecular formula is C26H20N2O3S2. The summed E-state index contributed by atoms with van der Waals surface area (Å²) in [5.74, 6) is -0.471. The first-order chi connectivity index (χ1) is 16.2. The van der Waals surface area contributed by atoms with Crippen molar-refractivity contribution in [3.05, 3.63) is 119 Å². The summed E-state index contributed by atoms with van der Waals surface area (Å²) in [6.45, 7) is 2.00. The number of hydrogen-bond acceptors (Lipinski definition) is 6. The van der Waals surface area contributed by atoms with E-state index in [4.69, 9.17) is 9.73 Å². The van der Waals surface area contributed by atoms with Crippen LogP contribution in [0.3, 0.4) is 0 Å². The van der Waals surface area contributed by atoms with Gasteiger partial charge in [-0.05, 0) is 41.0 Å². The number of fused-ring (bicyclic) bond motifs is 1. The number of esters is 1. The van der Waals surface area contributed by atoms with Gasteiger partial charge in [0.1, 0.15) is 0 Å². The molecule has 5 nitrogen and oxygen atoms in total. The third kappa shape index (κ3) is 4.01. The maximum atomic E-state index is 13.6. The molecule has 4 aromatic rings. The van der Waals surface area contributed by atoms with Crippen LogP contribution in [-0.2, 0) is 9.53 Å². The van der Waals surface area contributed by atoms with Gasteiger partial charge in [0.2, 0.25) is 0 Å². The van der Waals surface area contributed by atoms with Crippen LogP contribution in [0.4, 0.5) is 0 Å². The van der Waals surface area contributed by atoms with Gasteiger partial charge in [0.25, 0.3) is 5.56 Å². The van der Waals surface area contributed by atoms with E-state index in [1.54, 1.807) is 22.8 Å². The smallest absolute Gasteiger partial charge is 0.338 e. The van der Waals surface area contributed by atoms with Crippen molar-refractivity contribution >= 4 is 40.4 Å². The maximum absolute atomic E-state index is 13.6. The third-order valence-electron chi connectivity index (χ3n) is 5.33. The molecule has 3 heterocycles. The molecule has 1 aliphatic rings. The number of benzene rings is 2. The van der Waals surface area contributed by atoms with Crippen LogP contribution in [0.5, 0.6) is 0 Å². The zero-order chi connectivity index (χ0) is 22.8. The molecule has 0 bridgehead atoms. The van der Waals surface area contributed by atoms with Crippen LogP contribution in [0.15, 0.2) is 92.9 Å². The Morgan fingerprint density at radius 2 is 1.82 bits per heavy atom. The predicted molar refractivity (Wildman–Crippen MR) is 132 cm³/mol. The lowest BCUT2D eigenvalue weighted by atomic mass is 9.93. The van der Waals surface area contributed by atoms with Gasteiger partial charge >= 0.3 is 5.97 Å². The van der Waals surface area contributed by atoms with Crippen molar-refractivity contribution in [3.63, 3.8) is 0 Å². The number of carbonyl (C=O) groups is 1. The van der Waals surface area contributed by atoms with E-state index in [1.807, 2.05) is 83.6 Å². The number of thiazole rings is 1. The zero-order valence-electron chi connectivity index (χ0n) is 17.8. The fourth-order valence-electron chi connectivity index (χ4n) is 3.90. The van der Waals surface area contributed by atoms with Crippen molar-refractivity contribution in [2.45, 2.75) is 13.0 Å². The molecule has 0 fully saturated rings. The van der Waals surface area contributed by atoms with Crippen molar-refractivity contribution < 1.29 is 9.53 Å². The first-order valence-electron chi connectivity index (χ1n) is 10.5. The number of nitrogens with zero attached hydrogens (tertiary/aromatic N) is 2. The summed E-state index contributed by atoms with van der Waals surface area (Å²) < 4.78 is 7.65. The molecule has 1 atom stereocenters. The highest BCUT2D eigenvalue weighted by Gasteiger charge is 2.34. The Morgan fingerprint density at radius 3 is 2.48 bits per heavy atom. The first-order valence-corrected chi connectivity index (χ1v) is 12.3. The average Bonchev–Trinajstić information content (AvgIpc) is 3.47. The normalized spacial score (nSPS) is 15.8. The van der Waals surface area contributed by atoms with Gasteiger partial charge in [-0.25, -0.2) is 9.79 Å². The molecule has 0 saturated heterocycles. The summed E-state index contributed by atoms with van der Waals surface area (Å²) in [7, 11) is 0. The van der Waals surface area contributed by atoms with Crippen molar-refractivity contribution in [1.82, 2.24) is 4.57 Å². The Morgan fingerprint density at radius 1 is 1.09 bits per heavy atom. The summed E-state index contributed by atoms with van der Waals surface area (Å²) in [5, 5.41) is 3.97. The fraction of sp³-hybridized carbons (Fsp3) is 0.115. The van der Waals surface area contributed by atoms with E-state index < -0.39 is 12.0 Å². The minimum absolute atomic E-state index is 0.173. The number of thiophene rings is 1. The molecule has 0 N–H and O–H groups in total. The monoisotopic (exact) mass is 472 g/mol. The quantitative estimate of drug-likeness (QED) is 0.413. The van der Waals surface area contributed by atoms with Crippen LogP contribution in [0.1, 0.15) is 29.7 Å². The summed E-state index contributed by atoms with van der Waals surface area (Å²) in [6.07, 6.45) is 1.87. The zero-order valence-corrected chi connectivity index (χ0v) is 19.4. The fourth-order valence-corrected chi connectivity index (χ4v) is 5.52. The van der Waals surface area contributed by atoms with Crippen molar-refractivity contribution in [1.29, 1.82) is 0 Å². The van der Waals surface area contributed by atoms with Gasteiger partial charge in [0.15, 0.2) is 4.80 Å². The van der Waals surface area contributed by atoms with E-state index in [9.17, 15) is 9.59 Å². The molecule has 164 valence electrons. The molecule has 0 saturated carbocycles. The molecule has 7 heteroatoms. The number of aromatic nitrogens is 1. The van der Waals surface area contributed by atoms with Crippen LogP contribution >= 0.6 is 22.7 Å². The largest absolute Gasteiger partial charge is 0.463 e. The van der Waals surface area contributed by atoms with Gasteiger partial charge in [0, 0.05) is 5.56 Å². The Hall–Kier alpha value is -3.55. The molecule has 0 amide bonds. The first kappa shape index (κ1) is 21.3. The second-order valence-corrected chi connectivity index (χ2v) is 9.19. The van der Waals surface area contributed by atoms with Crippen molar-refractivity contribution in [3.8, 4) is 0 Å². The summed E-state index contributed by atoms with van der Waals surface area (Å²) >= 11 is 2.91. The molecule has 2 aromatic heterocycles. The molecular weight excluding hydrogens is 452 g/mol. The van der Waals surface area contributed by atoms with Crippen LogP contribution < -0.4 is 14.9 Å². The molecule has 0 spiro atoms. The third-order valence-corrected chi connectivity index (χ3v) is 7.01. The Balaban J connectivity index is 1.85. The standard InChI is InChI=1S/C26H20N2O3S2/c1-2-31-25(30)21-22(18-9-5-3-6-10-18)27-26-28(23(21)19-11-7-4-8-12-19)24(29)20(33-26)15-17-13-14-32-16-17/h3-16,23H,2H2,1H3/t23-/m1/s1. The van der Waals surface area contributed by atoms with Crippen LogP contribution in [-0.4, -0.2) is 17.1 Å². The Labute approximate surface area is 198 Å². The molecule has 1 aliphatic heterocycles. The summed E-state index contributed by atoms with van der Waals surface area (Å²) in [4.78, 5) is 32.3. The molecule has 0 unspecified atom stereocenters. The molecule has 0 radical (unpaired) electrons. The van der Waals surface area contributed by atoms with Gasteiger partial charge < -0.3 is 4.74 Å².